The number of carbonyl (C=O) groups excluding carboxylic acids is 1. The van der Waals surface area contributed by atoms with Crippen LogP contribution in [0.1, 0.15) is 49.1 Å². The predicted molar refractivity (Wildman–Crippen MR) is 143 cm³/mol. The van der Waals surface area contributed by atoms with Crippen molar-refractivity contribution in [1.29, 1.82) is 0 Å². The molecule has 1 aliphatic heterocycles. The quantitative estimate of drug-likeness (QED) is 0.416. The molecule has 4 aromatic rings. The van der Waals surface area contributed by atoms with Gasteiger partial charge in [-0.2, -0.15) is 0 Å². The molecular weight excluding hydrogens is 448 g/mol. The van der Waals surface area contributed by atoms with E-state index in [1.54, 1.807) is 14.0 Å². The molecule has 2 atom stereocenters. The van der Waals surface area contributed by atoms with Crippen molar-refractivity contribution in [3.05, 3.63) is 77.6 Å². The van der Waals surface area contributed by atoms with E-state index >= 15 is 0 Å². The van der Waals surface area contributed by atoms with E-state index in [4.69, 9.17) is 0 Å². The lowest BCUT2D eigenvalue weighted by Gasteiger charge is -2.20. The second-order valence-electron chi connectivity index (χ2n) is 9.07. The highest BCUT2D eigenvalue weighted by Gasteiger charge is 2.19. The summed E-state index contributed by atoms with van der Waals surface area (Å²) < 4.78 is 2.22. The first-order chi connectivity index (χ1) is 17.4. The molecule has 1 amide bonds. The van der Waals surface area contributed by atoms with Crippen LogP contribution in [-0.2, 0) is 4.79 Å². The van der Waals surface area contributed by atoms with E-state index in [1.807, 2.05) is 55.7 Å². The number of anilines is 1. The molecule has 1 aromatic carbocycles. The summed E-state index contributed by atoms with van der Waals surface area (Å²) in [6.07, 6.45) is 8.80. The van der Waals surface area contributed by atoms with Crippen LogP contribution in [0.3, 0.4) is 0 Å². The number of likely N-dealkylation sites (N-methyl/N-ethyl adjacent to an activating group) is 1. The summed E-state index contributed by atoms with van der Waals surface area (Å²) in [4.78, 5) is 26.2. The highest BCUT2D eigenvalue weighted by atomic mass is 16.2. The third-order valence-corrected chi connectivity index (χ3v) is 6.51. The Balaban J connectivity index is 1.57. The number of aryl methyl sites for hydroxylation is 1. The molecule has 2 unspecified atom stereocenters. The summed E-state index contributed by atoms with van der Waals surface area (Å²) in [6.45, 7) is 5.98. The Kier molecular flexibility index (Phi) is 6.36. The maximum atomic E-state index is 12.6. The van der Waals surface area contributed by atoms with Crippen LogP contribution < -0.4 is 10.6 Å². The minimum absolute atomic E-state index is 0.161. The van der Waals surface area contributed by atoms with Gasteiger partial charge in [0.25, 0.3) is 0 Å². The van der Waals surface area contributed by atoms with Gasteiger partial charge in [-0.05, 0) is 82.0 Å². The summed E-state index contributed by atoms with van der Waals surface area (Å²) in [6, 6.07) is 11.8. The topological polar surface area (TPSA) is 84.7 Å². The molecule has 36 heavy (non-hydrogen) atoms. The van der Waals surface area contributed by atoms with E-state index in [2.05, 4.69) is 61.1 Å². The average molecular weight is 477 g/mol. The third kappa shape index (κ3) is 4.64. The molecule has 7 nitrogen and oxygen atoms in total. The molecule has 7 heteroatoms. The molecule has 1 aliphatic rings. The fraction of sp³-hybridized carbons (Fsp3) is 0.241. The molecule has 5 rings (SSSR count). The van der Waals surface area contributed by atoms with E-state index in [-0.39, 0.29) is 18.0 Å². The van der Waals surface area contributed by atoms with Crippen LogP contribution in [0.15, 0.2) is 54.9 Å². The van der Waals surface area contributed by atoms with Gasteiger partial charge in [-0.1, -0.05) is 18.1 Å². The summed E-state index contributed by atoms with van der Waals surface area (Å²) in [5.41, 5.74) is 4.32. The van der Waals surface area contributed by atoms with Crippen molar-refractivity contribution < 1.29 is 4.79 Å². The molecule has 180 valence electrons. The van der Waals surface area contributed by atoms with E-state index in [0.29, 0.717) is 11.5 Å². The number of nitrogens with zero attached hydrogens (tertiary/aromatic N) is 4. The fourth-order valence-corrected chi connectivity index (χ4v) is 4.37. The molecule has 0 spiro atoms. The van der Waals surface area contributed by atoms with Gasteiger partial charge in [0.1, 0.15) is 17.3 Å². The molecule has 0 aliphatic carbocycles. The van der Waals surface area contributed by atoms with Crippen molar-refractivity contribution >= 4 is 28.6 Å². The molecule has 3 aromatic heterocycles. The highest BCUT2D eigenvalue weighted by Crippen LogP contribution is 2.31. The number of nitrogens with one attached hydrogen (secondary N) is 2. The summed E-state index contributed by atoms with van der Waals surface area (Å²) in [5, 5.41) is 8.09. The molecular formula is C29H28N6O. The lowest BCUT2D eigenvalue weighted by molar-refractivity contribution is -0.117. The van der Waals surface area contributed by atoms with E-state index in [9.17, 15) is 4.79 Å². The largest absolute Gasteiger partial charge is 0.321 e. The Morgan fingerprint density at radius 1 is 1.17 bits per heavy atom. The van der Waals surface area contributed by atoms with Crippen molar-refractivity contribution in [2.75, 3.05) is 12.4 Å². The second-order valence-corrected chi connectivity index (χ2v) is 9.07. The molecule has 0 fully saturated rings. The third-order valence-electron chi connectivity index (χ3n) is 6.51. The lowest BCUT2D eigenvalue weighted by Crippen LogP contribution is -2.35. The number of hydrogen-bond donors (Lipinski definition) is 2. The Morgan fingerprint density at radius 3 is 2.86 bits per heavy atom. The maximum Gasteiger partial charge on any atom is 0.242 e. The number of rotatable bonds is 4. The van der Waals surface area contributed by atoms with Crippen LogP contribution in [-0.4, -0.2) is 38.5 Å². The van der Waals surface area contributed by atoms with Crippen molar-refractivity contribution in [2.24, 2.45) is 0 Å². The SMILES string of the molecule is CNC(C)C(=O)Nc1cc(-c2cnc3n2C(C)CC=C3)cc(C#Cc2ccc3c(C)nccc3c2)n1. The highest BCUT2D eigenvalue weighted by molar-refractivity contribution is 5.94. The van der Waals surface area contributed by atoms with Crippen LogP contribution in [0, 0.1) is 18.8 Å². The fourth-order valence-electron chi connectivity index (χ4n) is 4.37. The average Bonchev–Trinajstić information content (AvgIpc) is 3.32. The number of imidazole rings is 1. The van der Waals surface area contributed by atoms with Crippen molar-refractivity contribution in [3.8, 4) is 23.1 Å². The summed E-state index contributed by atoms with van der Waals surface area (Å²) in [7, 11) is 1.75. The maximum absolute atomic E-state index is 12.6. The lowest BCUT2D eigenvalue weighted by atomic mass is 10.1. The van der Waals surface area contributed by atoms with Gasteiger partial charge >= 0.3 is 0 Å². The van der Waals surface area contributed by atoms with Crippen molar-refractivity contribution in [1.82, 2.24) is 24.8 Å². The zero-order valence-electron chi connectivity index (χ0n) is 20.8. The van der Waals surface area contributed by atoms with Gasteiger partial charge in [-0.3, -0.25) is 9.78 Å². The van der Waals surface area contributed by atoms with Crippen LogP contribution >= 0.6 is 0 Å². The van der Waals surface area contributed by atoms with E-state index in [1.165, 1.54) is 0 Å². The number of benzene rings is 1. The van der Waals surface area contributed by atoms with Crippen LogP contribution in [0.4, 0.5) is 5.82 Å². The number of hydrogen-bond acceptors (Lipinski definition) is 5. The van der Waals surface area contributed by atoms with Gasteiger partial charge in [0.2, 0.25) is 5.91 Å². The number of allylic oxidation sites excluding steroid dienone is 1. The molecule has 0 saturated heterocycles. The summed E-state index contributed by atoms with van der Waals surface area (Å²) >= 11 is 0. The predicted octanol–water partition coefficient (Wildman–Crippen LogP) is 4.73. The van der Waals surface area contributed by atoms with Crippen LogP contribution in [0.25, 0.3) is 28.1 Å². The van der Waals surface area contributed by atoms with Gasteiger partial charge in [0.15, 0.2) is 0 Å². The standard InChI is InChI=1S/C29H28N6O/c1-18-6-5-7-28-32-17-26(35(18)28)23-15-24(33-27(16-23)34-29(36)20(3)30-4)10-8-21-9-11-25-19(2)31-13-12-22(25)14-21/h5,7,9,11-18,20,30H,6H2,1-4H3,(H,33,34,36). The van der Waals surface area contributed by atoms with Gasteiger partial charge in [0.05, 0.1) is 17.9 Å². The second kappa shape index (κ2) is 9.76. The number of aromatic nitrogens is 4. The Morgan fingerprint density at radius 2 is 2.03 bits per heavy atom. The number of pyridine rings is 2. The Bertz CT molecular complexity index is 1560. The van der Waals surface area contributed by atoms with E-state index < -0.39 is 0 Å². The molecule has 0 bridgehead atoms. The molecule has 2 N–H and O–H groups in total. The smallest absolute Gasteiger partial charge is 0.242 e. The zero-order valence-corrected chi connectivity index (χ0v) is 20.8. The Hall–Kier alpha value is -4.28. The summed E-state index contributed by atoms with van der Waals surface area (Å²) in [5.74, 6) is 7.66. The monoisotopic (exact) mass is 476 g/mol. The number of fused-ring (bicyclic) bond motifs is 2. The minimum Gasteiger partial charge on any atom is -0.321 e. The van der Waals surface area contributed by atoms with Crippen molar-refractivity contribution in [2.45, 2.75) is 39.3 Å². The van der Waals surface area contributed by atoms with Crippen molar-refractivity contribution in [3.63, 3.8) is 0 Å². The number of amides is 1. The van der Waals surface area contributed by atoms with Gasteiger partial charge in [-0.25, -0.2) is 9.97 Å². The van der Waals surface area contributed by atoms with Gasteiger partial charge in [-0.15, -0.1) is 0 Å². The first-order valence-electron chi connectivity index (χ1n) is 12.0. The molecule has 0 saturated carbocycles. The normalized spacial score (nSPS) is 15.2. The molecule has 4 heterocycles. The van der Waals surface area contributed by atoms with E-state index in [0.717, 1.165) is 45.5 Å². The minimum atomic E-state index is -0.353. The first kappa shape index (κ1) is 23.5. The van der Waals surface area contributed by atoms with Crippen LogP contribution in [0.5, 0.6) is 0 Å². The molecule has 0 radical (unpaired) electrons. The van der Waals surface area contributed by atoms with Crippen LogP contribution in [0.2, 0.25) is 0 Å². The zero-order chi connectivity index (χ0) is 25.2. The van der Waals surface area contributed by atoms with Gasteiger partial charge in [0, 0.05) is 34.4 Å². The van der Waals surface area contributed by atoms with Gasteiger partial charge < -0.3 is 15.2 Å². The number of carbonyl (C=O) groups is 1. The first-order valence-corrected chi connectivity index (χ1v) is 12.0. The Labute approximate surface area is 210 Å².